The third kappa shape index (κ3) is 2.62. The summed E-state index contributed by atoms with van der Waals surface area (Å²) in [6.45, 7) is 0.231. The van der Waals surface area contributed by atoms with Crippen LogP contribution in [0.5, 0.6) is 5.75 Å². The lowest BCUT2D eigenvalue weighted by Crippen LogP contribution is -2.25. The summed E-state index contributed by atoms with van der Waals surface area (Å²) in [5.74, 6) is -0.262. The Hall–Kier alpha value is -1.16. The zero-order valence-corrected chi connectivity index (χ0v) is 14.1. The van der Waals surface area contributed by atoms with Crippen molar-refractivity contribution < 1.29 is 17.5 Å². The topological polar surface area (TPSA) is 43.4 Å². The van der Waals surface area contributed by atoms with Crippen molar-refractivity contribution in [3.05, 3.63) is 52.8 Å². The predicted octanol–water partition coefficient (Wildman–Crippen LogP) is 3.28. The molecule has 22 heavy (non-hydrogen) atoms. The monoisotopic (exact) mass is 358 g/mol. The highest BCUT2D eigenvalue weighted by molar-refractivity contribution is 7.91. The van der Waals surface area contributed by atoms with Crippen molar-refractivity contribution in [1.29, 1.82) is 0 Å². The molecule has 1 unspecified atom stereocenters. The van der Waals surface area contributed by atoms with Crippen molar-refractivity contribution in [3.8, 4) is 5.75 Å². The van der Waals surface area contributed by atoms with Crippen LogP contribution in [0.4, 0.5) is 4.39 Å². The molecule has 1 aliphatic rings. The fourth-order valence-electron chi connectivity index (χ4n) is 2.56. The van der Waals surface area contributed by atoms with Gasteiger partial charge in [-0.1, -0.05) is 11.6 Å². The summed E-state index contributed by atoms with van der Waals surface area (Å²) in [6, 6.07) is 8.72. The molecule has 7 heteroatoms. The van der Waals surface area contributed by atoms with Crippen LogP contribution in [0.15, 0.2) is 41.3 Å². The Morgan fingerprint density at radius 3 is 2.55 bits per heavy atom. The number of fused-ring (bicyclic) bond motifs is 1. The first-order valence-corrected chi connectivity index (χ1v) is 9.11. The van der Waals surface area contributed by atoms with E-state index in [0.29, 0.717) is 16.1 Å². The lowest BCUT2D eigenvalue weighted by atomic mass is 10.1. The molecule has 2 atom stereocenters. The molecule has 0 N–H and O–H groups in total. The highest BCUT2D eigenvalue weighted by Crippen LogP contribution is 2.41. The standard InChI is InChI=1S/C15H13ClFO3PS/c16-9-1-3-10(4-2-9)22(18,19)13-7-8-20-15-12(21)6-5-11(17)14(13)15/h1-6,13H,7-8,21H2/t13-/m1/s1. The average Bonchev–Trinajstić information content (AvgIpc) is 2.51. The minimum absolute atomic E-state index is 0.105. The predicted molar refractivity (Wildman–Crippen MR) is 87.2 cm³/mol. The average molecular weight is 359 g/mol. The van der Waals surface area contributed by atoms with Crippen molar-refractivity contribution in [3.63, 3.8) is 0 Å². The second-order valence-corrected chi connectivity index (χ2v) is 8.19. The second kappa shape index (κ2) is 5.80. The molecule has 3 nitrogen and oxygen atoms in total. The van der Waals surface area contributed by atoms with Gasteiger partial charge >= 0.3 is 0 Å². The minimum atomic E-state index is -3.72. The fraction of sp³-hybridized carbons (Fsp3) is 0.200. The van der Waals surface area contributed by atoms with Crippen LogP contribution >= 0.6 is 20.8 Å². The largest absolute Gasteiger partial charge is 0.492 e. The smallest absolute Gasteiger partial charge is 0.185 e. The van der Waals surface area contributed by atoms with E-state index in [1.807, 2.05) is 0 Å². The number of rotatable bonds is 2. The molecule has 0 radical (unpaired) electrons. The van der Waals surface area contributed by atoms with E-state index in [2.05, 4.69) is 9.24 Å². The molecule has 1 aliphatic heterocycles. The summed E-state index contributed by atoms with van der Waals surface area (Å²) >= 11 is 5.80. The van der Waals surface area contributed by atoms with Gasteiger partial charge in [-0.3, -0.25) is 0 Å². The number of benzene rings is 2. The summed E-state index contributed by atoms with van der Waals surface area (Å²) in [6.07, 6.45) is 0.211. The Kier molecular flexibility index (Phi) is 4.15. The lowest BCUT2D eigenvalue weighted by molar-refractivity contribution is 0.281. The van der Waals surface area contributed by atoms with E-state index in [4.69, 9.17) is 16.3 Å². The van der Waals surface area contributed by atoms with Gasteiger partial charge in [-0.15, -0.1) is 9.24 Å². The zero-order valence-electron chi connectivity index (χ0n) is 11.4. The molecule has 2 aromatic rings. The summed E-state index contributed by atoms with van der Waals surface area (Å²) in [5.41, 5.74) is 0.105. The molecule has 3 rings (SSSR count). The third-order valence-corrected chi connectivity index (χ3v) is 6.49. The van der Waals surface area contributed by atoms with Crippen molar-refractivity contribution in [1.82, 2.24) is 0 Å². The van der Waals surface area contributed by atoms with E-state index in [0.717, 1.165) is 0 Å². The Morgan fingerprint density at radius 1 is 1.18 bits per heavy atom. The van der Waals surface area contributed by atoms with Gasteiger partial charge in [0.05, 0.1) is 11.5 Å². The number of hydrogen-bond acceptors (Lipinski definition) is 3. The molecule has 1 heterocycles. The van der Waals surface area contributed by atoms with E-state index in [9.17, 15) is 12.8 Å². The molecule has 2 aromatic carbocycles. The molecule has 0 fully saturated rings. The van der Waals surface area contributed by atoms with Gasteiger partial charge in [0, 0.05) is 22.3 Å². The third-order valence-electron chi connectivity index (χ3n) is 3.64. The Labute approximate surface area is 135 Å². The van der Waals surface area contributed by atoms with Gasteiger partial charge in [-0.05, 0) is 36.4 Å². The normalized spacial score (nSPS) is 17.7. The first-order valence-electron chi connectivity index (χ1n) is 6.61. The summed E-state index contributed by atoms with van der Waals surface area (Å²) in [4.78, 5) is 0.128. The lowest BCUT2D eigenvalue weighted by Gasteiger charge is -2.27. The van der Waals surface area contributed by atoms with Crippen molar-refractivity contribution in [2.45, 2.75) is 16.6 Å². The number of halogens is 2. The Bertz CT molecular complexity index is 821. The zero-order chi connectivity index (χ0) is 15.9. The molecular formula is C15H13ClFO3PS. The molecule has 0 saturated carbocycles. The first kappa shape index (κ1) is 15.7. The molecule has 0 aliphatic carbocycles. The summed E-state index contributed by atoms with van der Waals surface area (Å²) < 4.78 is 45.4. The SMILES string of the molecule is O=S(=O)(c1ccc(Cl)cc1)[C@@H]1CCOc2c(P)ccc(F)c21. The van der Waals surface area contributed by atoms with Crippen LogP contribution in [0.3, 0.4) is 0 Å². The van der Waals surface area contributed by atoms with Gasteiger partial charge < -0.3 is 4.74 Å². The molecule has 0 aromatic heterocycles. The number of sulfone groups is 1. The molecule has 0 saturated heterocycles. The second-order valence-electron chi connectivity index (χ2n) is 5.00. The summed E-state index contributed by atoms with van der Waals surface area (Å²) in [5, 5.41) is 0.134. The van der Waals surface area contributed by atoms with Crippen LogP contribution in [0.25, 0.3) is 0 Å². The first-order chi connectivity index (χ1) is 10.4. The minimum Gasteiger partial charge on any atom is -0.492 e. The van der Waals surface area contributed by atoms with Gasteiger partial charge in [0.25, 0.3) is 0 Å². The van der Waals surface area contributed by atoms with E-state index >= 15 is 0 Å². The number of hydrogen-bond donors (Lipinski definition) is 0. The summed E-state index contributed by atoms with van der Waals surface area (Å²) in [7, 11) is -1.28. The van der Waals surface area contributed by atoms with Crippen LogP contribution in [-0.4, -0.2) is 15.0 Å². The van der Waals surface area contributed by atoms with E-state index in [-0.39, 0.29) is 23.5 Å². The van der Waals surface area contributed by atoms with E-state index in [1.54, 1.807) is 6.07 Å². The number of ether oxygens (including phenoxy) is 1. The van der Waals surface area contributed by atoms with Gasteiger partial charge in [-0.2, -0.15) is 0 Å². The van der Waals surface area contributed by atoms with Crippen LogP contribution < -0.4 is 10.0 Å². The van der Waals surface area contributed by atoms with Crippen LogP contribution in [0, 0.1) is 5.82 Å². The van der Waals surface area contributed by atoms with Gasteiger partial charge in [0.15, 0.2) is 9.84 Å². The Morgan fingerprint density at radius 2 is 1.86 bits per heavy atom. The molecule has 0 bridgehead atoms. The molecule has 116 valence electrons. The Balaban J connectivity index is 2.15. The van der Waals surface area contributed by atoms with Crippen LogP contribution in [0.1, 0.15) is 17.2 Å². The quantitative estimate of drug-likeness (QED) is 0.774. The maximum absolute atomic E-state index is 14.2. The van der Waals surface area contributed by atoms with Crippen molar-refractivity contribution in [2.24, 2.45) is 0 Å². The maximum atomic E-state index is 14.2. The van der Waals surface area contributed by atoms with E-state index < -0.39 is 20.9 Å². The van der Waals surface area contributed by atoms with Crippen LogP contribution in [-0.2, 0) is 9.84 Å². The van der Waals surface area contributed by atoms with Crippen LogP contribution in [0.2, 0.25) is 5.02 Å². The molecule has 0 amide bonds. The maximum Gasteiger partial charge on any atom is 0.185 e. The van der Waals surface area contributed by atoms with Gasteiger partial charge in [0.2, 0.25) is 0 Å². The van der Waals surface area contributed by atoms with Gasteiger partial charge in [0.1, 0.15) is 16.8 Å². The fourth-order valence-corrected chi connectivity index (χ4v) is 4.81. The highest BCUT2D eigenvalue weighted by atomic mass is 35.5. The van der Waals surface area contributed by atoms with E-state index in [1.165, 1.54) is 30.3 Å². The molecular weight excluding hydrogens is 346 g/mol. The van der Waals surface area contributed by atoms with Crippen molar-refractivity contribution >= 4 is 36.0 Å². The molecule has 0 spiro atoms. The van der Waals surface area contributed by atoms with Crippen molar-refractivity contribution in [2.75, 3.05) is 6.61 Å². The van der Waals surface area contributed by atoms with Gasteiger partial charge in [-0.25, -0.2) is 12.8 Å². The highest BCUT2D eigenvalue weighted by Gasteiger charge is 2.37.